The first-order valence-electron chi connectivity index (χ1n) is 6.42. The molecule has 1 aliphatic rings. The van der Waals surface area contributed by atoms with Crippen molar-refractivity contribution in [2.24, 2.45) is 5.73 Å². The van der Waals surface area contributed by atoms with Crippen molar-refractivity contribution in [2.45, 2.75) is 12.5 Å². The number of amides is 1. The number of rotatable bonds is 2. The third kappa shape index (κ3) is 1.69. The number of benzene rings is 2. The molecule has 0 aromatic heterocycles. The van der Waals surface area contributed by atoms with E-state index in [2.05, 4.69) is 0 Å². The molecule has 0 radical (unpaired) electrons. The van der Waals surface area contributed by atoms with Crippen molar-refractivity contribution in [1.29, 1.82) is 0 Å². The van der Waals surface area contributed by atoms with Crippen molar-refractivity contribution < 1.29 is 9.53 Å². The quantitative estimate of drug-likeness (QED) is 0.910. The maximum Gasteiger partial charge on any atom is 0.256 e. The molecule has 1 aliphatic heterocycles. The Bertz CT molecular complexity index is 665. The van der Waals surface area contributed by atoms with Gasteiger partial charge in [0.2, 0.25) is 0 Å². The zero-order valence-electron chi connectivity index (χ0n) is 11.5. The largest absolute Gasteiger partial charge is 0.497 e. The Morgan fingerprint density at radius 1 is 1.15 bits per heavy atom. The van der Waals surface area contributed by atoms with Crippen LogP contribution >= 0.6 is 0 Å². The number of anilines is 2. The maximum atomic E-state index is 12.6. The van der Waals surface area contributed by atoms with Crippen LogP contribution in [-0.4, -0.2) is 13.0 Å². The fourth-order valence-electron chi connectivity index (χ4n) is 2.54. The Labute approximate surface area is 117 Å². The lowest BCUT2D eigenvalue weighted by Crippen LogP contribution is -2.43. The molecule has 0 fully saturated rings. The van der Waals surface area contributed by atoms with Crippen LogP contribution in [0.2, 0.25) is 0 Å². The Hall–Kier alpha value is -2.33. The summed E-state index contributed by atoms with van der Waals surface area (Å²) < 4.78 is 5.22. The second-order valence-electron chi connectivity index (χ2n) is 5.06. The second-order valence-corrected chi connectivity index (χ2v) is 5.06. The van der Waals surface area contributed by atoms with Crippen LogP contribution in [-0.2, 0) is 10.3 Å². The summed E-state index contributed by atoms with van der Waals surface area (Å²) in [6.07, 6.45) is 0. The van der Waals surface area contributed by atoms with E-state index in [1.54, 1.807) is 18.9 Å². The first-order valence-corrected chi connectivity index (χ1v) is 6.42. The van der Waals surface area contributed by atoms with Gasteiger partial charge in [0.25, 0.3) is 5.91 Å². The van der Waals surface area contributed by atoms with E-state index in [0.717, 1.165) is 16.9 Å². The monoisotopic (exact) mass is 268 g/mol. The summed E-state index contributed by atoms with van der Waals surface area (Å²) in [4.78, 5) is 14.3. The van der Waals surface area contributed by atoms with E-state index in [1.807, 2.05) is 48.5 Å². The van der Waals surface area contributed by atoms with Crippen LogP contribution in [0.1, 0.15) is 12.5 Å². The van der Waals surface area contributed by atoms with Crippen molar-refractivity contribution in [1.82, 2.24) is 0 Å². The second kappa shape index (κ2) is 4.35. The van der Waals surface area contributed by atoms with Gasteiger partial charge in [-0.15, -0.1) is 0 Å². The predicted octanol–water partition coefficient (Wildman–Crippen LogP) is 2.55. The summed E-state index contributed by atoms with van der Waals surface area (Å²) in [6.45, 7) is 1.73. The minimum atomic E-state index is -1.04. The first-order chi connectivity index (χ1) is 9.55. The molecule has 102 valence electrons. The average molecular weight is 268 g/mol. The summed E-state index contributed by atoms with van der Waals surface area (Å²) in [5.41, 5.74) is 7.61. The van der Waals surface area contributed by atoms with E-state index in [4.69, 9.17) is 10.5 Å². The number of hydrogen-bond donors (Lipinski definition) is 1. The van der Waals surface area contributed by atoms with Gasteiger partial charge in [-0.25, -0.2) is 0 Å². The van der Waals surface area contributed by atoms with Crippen LogP contribution < -0.4 is 15.4 Å². The lowest BCUT2D eigenvalue weighted by molar-refractivity contribution is -0.121. The van der Waals surface area contributed by atoms with Gasteiger partial charge in [0, 0.05) is 11.3 Å². The molecule has 1 amide bonds. The molecule has 1 heterocycles. The summed E-state index contributed by atoms with van der Waals surface area (Å²) >= 11 is 0. The Kier molecular flexibility index (Phi) is 2.76. The van der Waals surface area contributed by atoms with Gasteiger partial charge in [-0.1, -0.05) is 18.2 Å². The van der Waals surface area contributed by atoms with Crippen molar-refractivity contribution in [3.05, 3.63) is 54.1 Å². The van der Waals surface area contributed by atoms with E-state index in [-0.39, 0.29) is 5.91 Å². The van der Waals surface area contributed by atoms with Crippen molar-refractivity contribution >= 4 is 17.3 Å². The molecule has 0 saturated heterocycles. The van der Waals surface area contributed by atoms with E-state index in [9.17, 15) is 4.79 Å². The van der Waals surface area contributed by atoms with E-state index in [0.29, 0.717) is 5.75 Å². The Morgan fingerprint density at radius 3 is 2.50 bits per heavy atom. The number of hydrogen-bond acceptors (Lipinski definition) is 3. The minimum absolute atomic E-state index is 0.132. The number of methoxy groups -OCH3 is 1. The molecular weight excluding hydrogens is 252 g/mol. The minimum Gasteiger partial charge on any atom is -0.497 e. The highest BCUT2D eigenvalue weighted by atomic mass is 16.5. The maximum absolute atomic E-state index is 12.6. The van der Waals surface area contributed by atoms with Crippen molar-refractivity contribution in [3.8, 4) is 5.75 Å². The van der Waals surface area contributed by atoms with Crippen LogP contribution in [0.5, 0.6) is 5.75 Å². The van der Waals surface area contributed by atoms with Crippen LogP contribution in [0, 0.1) is 0 Å². The highest BCUT2D eigenvalue weighted by Crippen LogP contribution is 2.44. The van der Waals surface area contributed by atoms with E-state index < -0.39 is 5.54 Å². The standard InChI is InChI=1S/C16H16N2O2/c1-16(17)13-10-12(20-2)8-9-14(13)18(15(16)19)11-6-4-3-5-7-11/h3-10H,17H2,1-2H3. The number of nitrogens with two attached hydrogens (primary N) is 1. The number of carbonyl (C=O) groups is 1. The summed E-state index contributed by atoms with van der Waals surface area (Å²) in [5, 5.41) is 0. The van der Waals surface area contributed by atoms with Crippen molar-refractivity contribution in [3.63, 3.8) is 0 Å². The topological polar surface area (TPSA) is 55.6 Å². The SMILES string of the molecule is COc1ccc2c(c1)C(C)(N)C(=O)N2c1ccccc1. The van der Waals surface area contributed by atoms with Crippen molar-refractivity contribution in [2.75, 3.05) is 12.0 Å². The first kappa shape index (κ1) is 12.7. The van der Waals surface area contributed by atoms with Crippen LogP contribution in [0.15, 0.2) is 48.5 Å². The summed E-state index contributed by atoms with van der Waals surface area (Å²) in [5.74, 6) is 0.565. The fourth-order valence-corrected chi connectivity index (χ4v) is 2.54. The van der Waals surface area contributed by atoms with E-state index >= 15 is 0 Å². The third-order valence-corrected chi connectivity index (χ3v) is 3.67. The molecule has 2 aromatic rings. The molecule has 2 N–H and O–H groups in total. The van der Waals surface area contributed by atoms with Gasteiger partial charge < -0.3 is 10.5 Å². The molecule has 4 heteroatoms. The van der Waals surface area contributed by atoms with Gasteiger partial charge in [0.1, 0.15) is 11.3 Å². The van der Waals surface area contributed by atoms with E-state index in [1.165, 1.54) is 0 Å². The van der Waals surface area contributed by atoms with Gasteiger partial charge in [0.05, 0.1) is 12.8 Å². The molecule has 20 heavy (non-hydrogen) atoms. The van der Waals surface area contributed by atoms with Gasteiger partial charge >= 0.3 is 0 Å². The van der Waals surface area contributed by atoms with Gasteiger partial charge in [-0.2, -0.15) is 0 Å². The zero-order chi connectivity index (χ0) is 14.3. The molecule has 0 bridgehead atoms. The van der Waals surface area contributed by atoms with Gasteiger partial charge in [0.15, 0.2) is 0 Å². The molecule has 0 aliphatic carbocycles. The lowest BCUT2D eigenvalue weighted by Gasteiger charge is -2.20. The fraction of sp³-hybridized carbons (Fsp3) is 0.188. The highest BCUT2D eigenvalue weighted by molar-refractivity contribution is 6.12. The van der Waals surface area contributed by atoms with Crippen LogP contribution in [0.25, 0.3) is 0 Å². The predicted molar refractivity (Wildman–Crippen MR) is 78.1 cm³/mol. The molecule has 0 saturated carbocycles. The van der Waals surface area contributed by atoms with Gasteiger partial charge in [-0.3, -0.25) is 9.69 Å². The molecule has 0 spiro atoms. The molecule has 3 rings (SSSR count). The molecule has 1 unspecified atom stereocenters. The normalized spacial score (nSPS) is 20.9. The third-order valence-electron chi connectivity index (χ3n) is 3.67. The number of ether oxygens (including phenoxy) is 1. The molecular formula is C16H16N2O2. The van der Waals surface area contributed by atoms with Gasteiger partial charge in [-0.05, 0) is 37.3 Å². The summed E-state index contributed by atoms with van der Waals surface area (Å²) in [6, 6.07) is 15.0. The summed E-state index contributed by atoms with van der Waals surface area (Å²) in [7, 11) is 1.60. The lowest BCUT2D eigenvalue weighted by atomic mass is 9.95. The Balaban J connectivity index is 2.19. The Morgan fingerprint density at radius 2 is 1.85 bits per heavy atom. The van der Waals surface area contributed by atoms with Crippen LogP contribution in [0.4, 0.5) is 11.4 Å². The smallest absolute Gasteiger partial charge is 0.256 e. The highest BCUT2D eigenvalue weighted by Gasteiger charge is 2.45. The number of nitrogens with zero attached hydrogens (tertiary/aromatic N) is 1. The van der Waals surface area contributed by atoms with Crippen LogP contribution in [0.3, 0.4) is 0 Å². The average Bonchev–Trinajstić information content (AvgIpc) is 2.67. The molecule has 2 aromatic carbocycles. The number of fused-ring (bicyclic) bond motifs is 1. The molecule has 4 nitrogen and oxygen atoms in total. The molecule has 1 atom stereocenters. The number of carbonyl (C=O) groups excluding carboxylic acids is 1. The zero-order valence-corrected chi connectivity index (χ0v) is 11.5. The number of para-hydroxylation sites is 1.